The number of β-amino-alcohol motifs (C(OH)–C–C–N with tert-alkyl or cyclic N) is 1. The third kappa shape index (κ3) is 2.37. The van der Waals surface area contributed by atoms with Gasteiger partial charge in [-0.15, -0.1) is 0 Å². The van der Waals surface area contributed by atoms with Crippen molar-refractivity contribution in [3.8, 4) is 0 Å². The lowest BCUT2D eigenvalue weighted by Crippen LogP contribution is -2.54. The topological polar surface area (TPSA) is 43.7 Å². The zero-order valence-electron chi connectivity index (χ0n) is 10.7. The molecule has 3 nitrogen and oxygen atoms in total. The first-order valence-electron chi connectivity index (χ1n) is 6.08. The highest BCUT2D eigenvalue weighted by Gasteiger charge is 2.40. The van der Waals surface area contributed by atoms with E-state index < -0.39 is 11.7 Å². The molecule has 1 fully saturated rings. The van der Waals surface area contributed by atoms with Gasteiger partial charge in [-0.2, -0.15) is 0 Å². The lowest BCUT2D eigenvalue weighted by Gasteiger charge is -2.44. The third-order valence-corrected chi connectivity index (χ3v) is 3.81. The van der Waals surface area contributed by atoms with E-state index in [1.807, 2.05) is 19.2 Å². The molecule has 94 valence electrons. The summed E-state index contributed by atoms with van der Waals surface area (Å²) < 4.78 is 0. The molecule has 0 spiro atoms. The van der Waals surface area contributed by atoms with Crippen LogP contribution in [0.1, 0.15) is 30.5 Å². The minimum Gasteiger partial charge on any atom is -0.390 e. The van der Waals surface area contributed by atoms with Gasteiger partial charge in [0, 0.05) is 12.6 Å². The fourth-order valence-corrected chi connectivity index (χ4v) is 2.69. The zero-order valence-corrected chi connectivity index (χ0v) is 10.7. The first kappa shape index (κ1) is 12.6. The highest BCUT2D eigenvalue weighted by Crippen LogP contribution is 2.35. The van der Waals surface area contributed by atoms with Crippen LogP contribution in [0.2, 0.25) is 0 Å². The molecule has 1 aromatic rings. The molecule has 0 aromatic heterocycles. The Morgan fingerprint density at radius 1 is 1.35 bits per heavy atom. The number of benzene rings is 1. The molecule has 17 heavy (non-hydrogen) atoms. The van der Waals surface area contributed by atoms with Crippen LogP contribution in [-0.2, 0) is 0 Å². The van der Waals surface area contributed by atoms with E-state index in [0.717, 1.165) is 0 Å². The highest BCUT2D eigenvalue weighted by molar-refractivity contribution is 5.29. The quantitative estimate of drug-likeness (QED) is 0.775. The summed E-state index contributed by atoms with van der Waals surface area (Å²) in [4.78, 5) is 2.12. The van der Waals surface area contributed by atoms with Crippen molar-refractivity contribution in [2.45, 2.75) is 38.0 Å². The average molecular weight is 235 g/mol. The van der Waals surface area contributed by atoms with Gasteiger partial charge < -0.3 is 10.2 Å². The van der Waals surface area contributed by atoms with Gasteiger partial charge in [0.1, 0.15) is 5.60 Å². The minimum absolute atomic E-state index is 0.187. The molecule has 1 heterocycles. The summed E-state index contributed by atoms with van der Waals surface area (Å²) in [6.45, 7) is 4.28. The van der Waals surface area contributed by atoms with Crippen molar-refractivity contribution in [1.29, 1.82) is 0 Å². The number of piperidine rings is 1. The molecule has 3 unspecified atom stereocenters. The van der Waals surface area contributed by atoms with E-state index in [1.54, 1.807) is 6.92 Å². The molecule has 1 aliphatic rings. The summed E-state index contributed by atoms with van der Waals surface area (Å²) in [5, 5.41) is 20.1. The van der Waals surface area contributed by atoms with Gasteiger partial charge in [-0.25, -0.2) is 0 Å². The van der Waals surface area contributed by atoms with E-state index in [1.165, 1.54) is 11.1 Å². The van der Waals surface area contributed by atoms with E-state index >= 15 is 0 Å². The third-order valence-electron chi connectivity index (χ3n) is 3.81. The summed E-state index contributed by atoms with van der Waals surface area (Å²) in [5.41, 5.74) is 1.47. The summed E-state index contributed by atoms with van der Waals surface area (Å²) in [6, 6.07) is 8.42. The van der Waals surface area contributed by atoms with E-state index in [-0.39, 0.29) is 6.04 Å². The maximum atomic E-state index is 10.1. The molecule has 2 N–H and O–H groups in total. The van der Waals surface area contributed by atoms with E-state index in [0.29, 0.717) is 13.0 Å². The van der Waals surface area contributed by atoms with Gasteiger partial charge in [-0.05, 0) is 38.4 Å². The Labute approximate surface area is 103 Å². The van der Waals surface area contributed by atoms with E-state index in [9.17, 15) is 10.2 Å². The molecule has 0 bridgehead atoms. The normalized spacial score (nSPS) is 34.9. The smallest absolute Gasteiger partial charge is 0.100 e. The Morgan fingerprint density at radius 3 is 2.65 bits per heavy atom. The van der Waals surface area contributed by atoms with Crippen molar-refractivity contribution in [3.63, 3.8) is 0 Å². The summed E-state index contributed by atoms with van der Waals surface area (Å²) in [7, 11) is 2.00. The van der Waals surface area contributed by atoms with Gasteiger partial charge in [0.05, 0.1) is 6.10 Å². The Balaban J connectivity index is 2.27. The van der Waals surface area contributed by atoms with Crippen LogP contribution in [0.15, 0.2) is 24.3 Å². The maximum absolute atomic E-state index is 10.1. The van der Waals surface area contributed by atoms with Gasteiger partial charge in [0.2, 0.25) is 0 Å². The first-order valence-corrected chi connectivity index (χ1v) is 6.08. The number of hydrogen-bond donors (Lipinski definition) is 2. The number of likely N-dealkylation sites (tertiary alicyclic amines) is 1. The van der Waals surface area contributed by atoms with Crippen molar-refractivity contribution in [2.75, 3.05) is 13.6 Å². The van der Waals surface area contributed by atoms with Gasteiger partial charge in [0.15, 0.2) is 0 Å². The number of rotatable bonds is 1. The molecule has 0 aliphatic carbocycles. The predicted molar refractivity (Wildman–Crippen MR) is 67.8 cm³/mol. The second-order valence-corrected chi connectivity index (χ2v) is 5.40. The Hall–Kier alpha value is -0.900. The molecule has 0 saturated carbocycles. The molecule has 0 amide bonds. The molecule has 1 aromatic carbocycles. The van der Waals surface area contributed by atoms with E-state index in [4.69, 9.17) is 0 Å². The number of nitrogens with zero attached hydrogens (tertiary/aromatic N) is 1. The van der Waals surface area contributed by atoms with Gasteiger partial charge in [0.25, 0.3) is 0 Å². The Bertz CT molecular complexity index is 403. The number of aryl methyl sites for hydroxylation is 1. The Kier molecular flexibility index (Phi) is 3.25. The first-order chi connectivity index (χ1) is 7.92. The van der Waals surface area contributed by atoms with Crippen molar-refractivity contribution >= 4 is 0 Å². The summed E-state index contributed by atoms with van der Waals surface area (Å²) in [6.07, 6.45) is -0.0859. The fourth-order valence-electron chi connectivity index (χ4n) is 2.69. The number of aliphatic hydroxyl groups is 2. The van der Waals surface area contributed by atoms with Crippen LogP contribution >= 0.6 is 0 Å². The molecule has 1 aliphatic heterocycles. The molecule has 3 heteroatoms. The minimum atomic E-state index is -1.01. The van der Waals surface area contributed by atoms with Crippen LogP contribution in [0.5, 0.6) is 0 Å². The summed E-state index contributed by atoms with van der Waals surface area (Å²) in [5.74, 6) is 0. The van der Waals surface area contributed by atoms with Crippen LogP contribution in [0.3, 0.4) is 0 Å². The van der Waals surface area contributed by atoms with E-state index in [2.05, 4.69) is 24.0 Å². The number of aliphatic hydroxyl groups excluding tert-OH is 1. The lowest BCUT2D eigenvalue weighted by molar-refractivity contribution is -0.121. The molecule has 2 rings (SSSR count). The predicted octanol–water partition coefficient (Wildman–Crippen LogP) is 1.48. The number of likely N-dealkylation sites (N-methyl/N-ethyl adjacent to an activating group) is 1. The van der Waals surface area contributed by atoms with Gasteiger partial charge in [-0.1, -0.05) is 24.3 Å². The molecule has 0 radical (unpaired) electrons. The van der Waals surface area contributed by atoms with Crippen LogP contribution in [0, 0.1) is 6.92 Å². The second kappa shape index (κ2) is 4.41. The fraction of sp³-hybridized carbons (Fsp3) is 0.571. The molecular weight excluding hydrogens is 214 g/mol. The van der Waals surface area contributed by atoms with Crippen molar-refractivity contribution < 1.29 is 10.2 Å². The van der Waals surface area contributed by atoms with Crippen molar-refractivity contribution in [2.24, 2.45) is 0 Å². The SMILES string of the molecule is Cc1ccccc1C1CC(O)C(C)(O)CN1C. The maximum Gasteiger partial charge on any atom is 0.100 e. The number of hydrogen-bond acceptors (Lipinski definition) is 3. The largest absolute Gasteiger partial charge is 0.390 e. The van der Waals surface area contributed by atoms with Gasteiger partial charge >= 0.3 is 0 Å². The highest BCUT2D eigenvalue weighted by atomic mass is 16.3. The van der Waals surface area contributed by atoms with Crippen molar-refractivity contribution in [1.82, 2.24) is 4.90 Å². The van der Waals surface area contributed by atoms with Crippen LogP contribution in [-0.4, -0.2) is 40.4 Å². The zero-order chi connectivity index (χ0) is 12.6. The van der Waals surface area contributed by atoms with Crippen LogP contribution in [0.4, 0.5) is 0 Å². The lowest BCUT2D eigenvalue weighted by atomic mass is 9.84. The second-order valence-electron chi connectivity index (χ2n) is 5.40. The van der Waals surface area contributed by atoms with Crippen LogP contribution in [0.25, 0.3) is 0 Å². The Morgan fingerprint density at radius 2 is 2.00 bits per heavy atom. The molecular formula is C14H21NO2. The molecule has 3 atom stereocenters. The van der Waals surface area contributed by atoms with Gasteiger partial charge in [-0.3, -0.25) is 4.90 Å². The monoisotopic (exact) mass is 235 g/mol. The average Bonchev–Trinajstić information content (AvgIpc) is 2.24. The van der Waals surface area contributed by atoms with Crippen LogP contribution < -0.4 is 0 Å². The standard InChI is InChI=1S/C14H21NO2/c1-10-6-4-5-7-11(10)12-8-13(16)14(2,17)9-15(12)3/h4-7,12-13,16-17H,8-9H2,1-3H3. The van der Waals surface area contributed by atoms with Crippen molar-refractivity contribution in [3.05, 3.63) is 35.4 Å². The molecule has 1 saturated heterocycles. The summed E-state index contributed by atoms with van der Waals surface area (Å²) >= 11 is 0.